The molecule has 0 spiro atoms. The van der Waals surface area contributed by atoms with E-state index in [1.165, 1.54) is 0 Å². The van der Waals surface area contributed by atoms with Crippen LogP contribution in [0.2, 0.25) is 0 Å². The van der Waals surface area contributed by atoms with E-state index in [0.29, 0.717) is 23.8 Å². The Morgan fingerprint density at radius 2 is 1.84 bits per heavy atom. The summed E-state index contributed by atoms with van der Waals surface area (Å²) in [5.41, 5.74) is 7.90. The summed E-state index contributed by atoms with van der Waals surface area (Å²) < 4.78 is 5.75. The number of aromatic nitrogens is 3. The average molecular weight is 252 g/mol. The summed E-state index contributed by atoms with van der Waals surface area (Å²) in [6.07, 6.45) is 3.24. The molecule has 0 unspecified atom stereocenters. The summed E-state index contributed by atoms with van der Waals surface area (Å²) in [5, 5.41) is 0. The SMILES string of the molecule is NCc1ccccc1Oc1ccc2nccnc2n1. The molecule has 0 bridgehead atoms. The highest BCUT2D eigenvalue weighted by molar-refractivity contribution is 5.69. The topological polar surface area (TPSA) is 73.9 Å². The fourth-order valence-electron chi connectivity index (χ4n) is 1.78. The van der Waals surface area contributed by atoms with Crippen LogP contribution in [0.25, 0.3) is 11.2 Å². The smallest absolute Gasteiger partial charge is 0.221 e. The molecule has 3 rings (SSSR count). The zero-order valence-corrected chi connectivity index (χ0v) is 10.2. The van der Waals surface area contributed by atoms with Gasteiger partial charge in [0.1, 0.15) is 11.3 Å². The summed E-state index contributed by atoms with van der Waals surface area (Å²) in [6.45, 7) is 0.420. The molecule has 0 amide bonds. The quantitative estimate of drug-likeness (QED) is 0.774. The van der Waals surface area contributed by atoms with E-state index in [9.17, 15) is 0 Å². The Morgan fingerprint density at radius 3 is 2.74 bits per heavy atom. The Kier molecular flexibility index (Phi) is 3.04. The molecule has 5 nitrogen and oxygen atoms in total. The lowest BCUT2D eigenvalue weighted by atomic mass is 10.2. The van der Waals surface area contributed by atoms with Crippen molar-refractivity contribution >= 4 is 11.2 Å². The predicted molar refractivity (Wildman–Crippen MR) is 71.7 cm³/mol. The number of hydrogen-bond donors (Lipinski definition) is 1. The minimum absolute atomic E-state index is 0.420. The van der Waals surface area contributed by atoms with E-state index in [1.807, 2.05) is 30.3 Å². The van der Waals surface area contributed by atoms with Crippen molar-refractivity contribution in [1.29, 1.82) is 0 Å². The van der Waals surface area contributed by atoms with Crippen LogP contribution in [0, 0.1) is 0 Å². The van der Waals surface area contributed by atoms with Gasteiger partial charge < -0.3 is 10.5 Å². The average Bonchev–Trinajstić information content (AvgIpc) is 2.48. The van der Waals surface area contributed by atoms with Crippen molar-refractivity contribution in [2.45, 2.75) is 6.54 Å². The van der Waals surface area contributed by atoms with Crippen LogP contribution in [0.5, 0.6) is 11.6 Å². The molecule has 0 aliphatic carbocycles. The number of rotatable bonds is 3. The van der Waals surface area contributed by atoms with Crippen LogP contribution in [0.3, 0.4) is 0 Å². The summed E-state index contributed by atoms with van der Waals surface area (Å²) in [5.74, 6) is 1.19. The van der Waals surface area contributed by atoms with E-state index < -0.39 is 0 Å². The first-order valence-electron chi connectivity index (χ1n) is 5.90. The Balaban J connectivity index is 1.96. The van der Waals surface area contributed by atoms with E-state index >= 15 is 0 Å². The maximum absolute atomic E-state index is 5.75. The van der Waals surface area contributed by atoms with Gasteiger partial charge in [-0.25, -0.2) is 4.98 Å². The maximum Gasteiger partial charge on any atom is 0.221 e. The van der Waals surface area contributed by atoms with Crippen molar-refractivity contribution in [3.05, 3.63) is 54.4 Å². The molecule has 0 radical (unpaired) electrons. The van der Waals surface area contributed by atoms with Gasteiger partial charge in [0.15, 0.2) is 5.65 Å². The van der Waals surface area contributed by atoms with E-state index in [0.717, 1.165) is 11.1 Å². The summed E-state index contributed by atoms with van der Waals surface area (Å²) in [6, 6.07) is 11.2. The molecule has 1 aromatic carbocycles. The molecule has 5 heteroatoms. The second-order valence-corrected chi connectivity index (χ2v) is 3.96. The van der Waals surface area contributed by atoms with Crippen molar-refractivity contribution in [2.75, 3.05) is 0 Å². The lowest BCUT2D eigenvalue weighted by Crippen LogP contribution is -2.00. The molecular weight excluding hydrogens is 240 g/mol. The highest BCUT2D eigenvalue weighted by Gasteiger charge is 2.05. The second-order valence-electron chi connectivity index (χ2n) is 3.96. The molecule has 2 heterocycles. The highest BCUT2D eigenvalue weighted by atomic mass is 16.5. The highest BCUT2D eigenvalue weighted by Crippen LogP contribution is 2.24. The molecule has 3 aromatic rings. The van der Waals surface area contributed by atoms with Gasteiger partial charge in [-0.1, -0.05) is 18.2 Å². The lowest BCUT2D eigenvalue weighted by Gasteiger charge is -2.08. The zero-order valence-electron chi connectivity index (χ0n) is 10.2. The molecule has 0 atom stereocenters. The van der Waals surface area contributed by atoms with E-state index in [4.69, 9.17) is 10.5 Å². The number of nitrogens with two attached hydrogens (primary N) is 1. The Morgan fingerprint density at radius 1 is 1.00 bits per heavy atom. The summed E-state index contributed by atoms with van der Waals surface area (Å²) >= 11 is 0. The number of fused-ring (bicyclic) bond motifs is 1. The van der Waals surface area contributed by atoms with Crippen LogP contribution in [-0.4, -0.2) is 15.0 Å². The predicted octanol–water partition coefficient (Wildman–Crippen LogP) is 2.28. The second kappa shape index (κ2) is 4.99. The van der Waals surface area contributed by atoms with Gasteiger partial charge in [0, 0.05) is 30.6 Å². The number of benzene rings is 1. The van der Waals surface area contributed by atoms with Crippen LogP contribution < -0.4 is 10.5 Å². The molecule has 0 saturated carbocycles. The van der Waals surface area contributed by atoms with Crippen LogP contribution >= 0.6 is 0 Å². The monoisotopic (exact) mass is 252 g/mol. The summed E-state index contributed by atoms with van der Waals surface area (Å²) in [4.78, 5) is 12.6. The summed E-state index contributed by atoms with van der Waals surface area (Å²) in [7, 11) is 0. The number of pyridine rings is 1. The fourth-order valence-corrected chi connectivity index (χ4v) is 1.78. The molecule has 94 valence electrons. The molecule has 0 aliphatic heterocycles. The van der Waals surface area contributed by atoms with Gasteiger partial charge >= 0.3 is 0 Å². The number of ether oxygens (including phenoxy) is 1. The third kappa shape index (κ3) is 2.36. The molecular formula is C14H12N4O. The maximum atomic E-state index is 5.75. The molecule has 2 aromatic heterocycles. The van der Waals surface area contributed by atoms with Gasteiger partial charge in [-0.2, -0.15) is 4.98 Å². The van der Waals surface area contributed by atoms with Crippen molar-refractivity contribution in [3.63, 3.8) is 0 Å². The Bertz CT molecular complexity index is 714. The lowest BCUT2D eigenvalue weighted by molar-refractivity contribution is 0.459. The largest absolute Gasteiger partial charge is 0.439 e. The van der Waals surface area contributed by atoms with E-state index in [-0.39, 0.29) is 0 Å². The number of nitrogens with zero attached hydrogens (tertiary/aromatic N) is 3. The van der Waals surface area contributed by atoms with Crippen LogP contribution in [-0.2, 0) is 6.54 Å². The molecule has 19 heavy (non-hydrogen) atoms. The van der Waals surface area contributed by atoms with Crippen molar-refractivity contribution in [3.8, 4) is 11.6 Å². The van der Waals surface area contributed by atoms with Gasteiger partial charge in [0.25, 0.3) is 0 Å². The van der Waals surface area contributed by atoms with Crippen molar-refractivity contribution < 1.29 is 4.74 Å². The molecule has 2 N–H and O–H groups in total. The first-order valence-corrected chi connectivity index (χ1v) is 5.90. The van der Waals surface area contributed by atoms with Crippen LogP contribution in [0.1, 0.15) is 5.56 Å². The minimum Gasteiger partial charge on any atom is -0.439 e. The van der Waals surface area contributed by atoms with E-state index in [2.05, 4.69) is 15.0 Å². The third-order valence-electron chi connectivity index (χ3n) is 2.71. The van der Waals surface area contributed by atoms with Gasteiger partial charge in [-0.05, 0) is 12.1 Å². The molecule has 0 saturated heterocycles. The van der Waals surface area contributed by atoms with Crippen LogP contribution in [0.15, 0.2) is 48.8 Å². The van der Waals surface area contributed by atoms with Gasteiger partial charge in [-0.15, -0.1) is 0 Å². The zero-order chi connectivity index (χ0) is 13.1. The van der Waals surface area contributed by atoms with E-state index in [1.54, 1.807) is 18.5 Å². The van der Waals surface area contributed by atoms with Gasteiger partial charge in [0.05, 0.1) is 0 Å². The first kappa shape index (κ1) is 11.6. The number of para-hydroxylation sites is 1. The first-order chi connectivity index (χ1) is 9.36. The molecule has 0 fully saturated rings. The molecule has 0 aliphatic rings. The van der Waals surface area contributed by atoms with Crippen molar-refractivity contribution in [1.82, 2.24) is 15.0 Å². The van der Waals surface area contributed by atoms with Gasteiger partial charge in [0.2, 0.25) is 5.88 Å². The normalized spacial score (nSPS) is 10.6. The van der Waals surface area contributed by atoms with Crippen molar-refractivity contribution in [2.24, 2.45) is 5.73 Å². The third-order valence-corrected chi connectivity index (χ3v) is 2.71. The minimum atomic E-state index is 0.420. The fraction of sp³-hybridized carbons (Fsp3) is 0.0714. The standard InChI is InChI=1S/C14H12N4O/c15-9-10-3-1-2-4-12(10)19-13-6-5-11-14(18-13)17-8-7-16-11/h1-8H,9,15H2. The van der Waals surface area contributed by atoms with Crippen LogP contribution in [0.4, 0.5) is 0 Å². The number of hydrogen-bond acceptors (Lipinski definition) is 5. The Hall–Kier alpha value is -2.53. The Labute approximate surface area is 110 Å². The van der Waals surface area contributed by atoms with Gasteiger partial charge in [-0.3, -0.25) is 4.98 Å².